The van der Waals surface area contributed by atoms with E-state index in [1.807, 2.05) is 0 Å². The Labute approximate surface area is 133 Å². The van der Waals surface area contributed by atoms with Crippen LogP contribution in [0.1, 0.15) is 26.3 Å². The van der Waals surface area contributed by atoms with Gasteiger partial charge in [0, 0.05) is 6.92 Å². The molecule has 0 fully saturated rings. The molecule has 0 radical (unpaired) electrons. The van der Waals surface area contributed by atoms with Gasteiger partial charge in [-0.05, 0) is 29.7 Å². The second-order valence-corrected chi connectivity index (χ2v) is 5.32. The smallest absolute Gasteiger partial charge is 0.326 e. The maximum Gasteiger partial charge on any atom is 0.326 e. The molecule has 0 saturated heterocycles. The molecule has 124 valence electrons. The van der Waals surface area contributed by atoms with E-state index in [1.54, 1.807) is 13.8 Å². The minimum atomic E-state index is -1.17. The van der Waals surface area contributed by atoms with E-state index in [0.29, 0.717) is 5.56 Å². The number of aliphatic carboxylic acids is 1. The van der Waals surface area contributed by atoms with Gasteiger partial charge in [-0.25, -0.2) is 9.18 Å². The average molecular weight is 322 g/mol. The van der Waals surface area contributed by atoms with Crippen molar-refractivity contribution in [3.8, 4) is 0 Å². The minimum Gasteiger partial charge on any atom is -0.480 e. The predicted molar refractivity (Wildman–Crippen MR) is 82.6 cm³/mol. The summed E-state index contributed by atoms with van der Waals surface area (Å²) in [4.78, 5) is 34.6. The van der Waals surface area contributed by atoms with Crippen LogP contribution in [0.15, 0.2) is 30.0 Å². The molecule has 1 rings (SSSR count). The number of benzene rings is 1. The van der Waals surface area contributed by atoms with Gasteiger partial charge in [0.05, 0.1) is 0 Å². The van der Waals surface area contributed by atoms with Gasteiger partial charge in [-0.15, -0.1) is 0 Å². The van der Waals surface area contributed by atoms with E-state index in [9.17, 15) is 18.8 Å². The van der Waals surface area contributed by atoms with Gasteiger partial charge in [0.2, 0.25) is 5.91 Å². The van der Waals surface area contributed by atoms with Gasteiger partial charge in [-0.2, -0.15) is 0 Å². The van der Waals surface area contributed by atoms with Crippen LogP contribution in [0.2, 0.25) is 0 Å². The Hall–Kier alpha value is -2.70. The van der Waals surface area contributed by atoms with E-state index in [4.69, 9.17) is 5.11 Å². The maximum absolute atomic E-state index is 12.9. The normalized spacial score (nSPS) is 12.7. The zero-order valence-electron chi connectivity index (χ0n) is 13.1. The molecule has 0 heterocycles. The molecule has 1 atom stereocenters. The highest BCUT2D eigenvalue weighted by Crippen LogP contribution is 2.09. The third-order valence-electron chi connectivity index (χ3n) is 2.96. The van der Waals surface area contributed by atoms with Crippen LogP contribution in [0.4, 0.5) is 4.39 Å². The summed E-state index contributed by atoms with van der Waals surface area (Å²) in [6.07, 6.45) is 1.34. The largest absolute Gasteiger partial charge is 0.480 e. The summed E-state index contributed by atoms with van der Waals surface area (Å²) in [5.74, 6) is -3.15. The molecule has 2 amide bonds. The lowest BCUT2D eigenvalue weighted by Gasteiger charge is -2.19. The van der Waals surface area contributed by atoms with Gasteiger partial charge < -0.3 is 15.7 Å². The summed E-state index contributed by atoms with van der Waals surface area (Å²) < 4.78 is 12.9. The highest BCUT2D eigenvalue weighted by Gasteiger charge is 2.25. The number of hydrogen-bond donors (Lipinski definition) is 3. The first-order valence-corrected chi connectivity index (χ1v) is 6.99. The molecule has 1 aromatic carbocycles. The van der Waals surface area contributed by atoms with E-state index in [0.717, 1.165) is 0 Å². The highest BCUT2D eigenvalue weighted by molar-refractivity contribution is 6.02. The SMILES string of the molecule is CC(=O)N/C(=C\c1ccc(F)cc1)C(=O)N[C@@H](C(=O)O)C(C)C. The Morgan fingerprint density at radius 3 is 2.17 bits per heavy atom. The van der Waals surface area contributed by atoms with Crippen LogP contribution >= 0.6 is 0 Å². The number of carboxylic acids is 1. The van der Waals surface area contributed by atoms with Crippen molar-refractivity contribution >= 4 is 23.9 Å². The van der Waals surface area contributed by atoms with Crippen molar-refractivity contribution in [3.05, 3.63) is 41.3 Å². The van der Waals surface area contributed by atoms with Gasteiger partial charge >= 0.3 is 5.97 Å². The third kappa shape index (κ3) is 5.90. The molecule has 0 spiro atoms. The van der Waals surface area contributed by atoms with E-state index >= 15 is 0 Å². The Morgan fingerprint density at radius 2 is 1.74 bits per heavy atom. The maximum atomic E-state index is 12.9. The van der Waals surface area contributed by atoms with Crippen LogP contribution in [0, 0.1) is 11.7 Å². The number of rotatable bonds is 6. The first-order valence-electron chi connectivity index (χ1n) is 6.99. The van der Waals surface area contributed by atoms with Crippen molar-refractivity contribution in [2.75, 3.05) is 0 Å². The molecule has 0 bridgehead atoms. The van der Waals surface area contributed by atoms with E-state index in [-0.39, 0.29) is 11.6 Å². The third-order valence-corrected chi connectivity index (χ3v) is 2.96. The van der Waals surface area contributed by atoms with E-state index in [1.165, 1.54) is 37.3 Å². The number of nitrogens with one attached hydrogen (secondary N) is 2. The predicted octanol–water partition coefficient (Wildman–Crippen LogP) is 1.53. The lowest BCUT2D eigenvalue weighted by molar-refractivity contribution is -0.142. The summed E-state index contributed by atoms with van der Waals surface area (Å²) in [7, 11) is 0. The quantitative estimate of drug-likeness (QED) is 0.692. The number of halogens is 1. The zero-order chi connectivity index (χ0) is 17.6. The molecule has 1 aromatic rings. The van der Waals surface area contributed by atoms with Crippen LogP contribution in [0.3, 0.4) is 0 Å². The summed E-state index contributed by atoms with van der Waals surface area (Å²) in [6.45, 7) is 4.53. The van der Waals surface area contributed by atoms with Crippen LogP contribution in [0.5, 0.6) is 0 Å². The molecule has 7 heteroatoms. The minimum absolute atomic E-state index is 0.115. The van der Waals surface area contributed by atoms with Crippen molar-refractivity contribution in [3.63, 3.8) is 0 Å². The fourth-order valence-electron chi connectivity index (χ4n) is 1.81. The second kappa shape index (κ2) is 8.07. The Balaban J connectivity index is 3.05. The van der Waals surface area contributed by atoms with Crippen LogP contribution in [-0.4, -0.2) is 28.9 Å². The Morgan fingerprint density at radius 1 is 1.17 bits per heavy atom. The van der Waals surface area contributed by atoms with Crippen LogP contribution in [0.25, 0.3) is 6.08 Å². The fourth-order valence-corrected chi connectivity index (χ4v) is 1.81. The topological polar surface area (TPSA) is 95.5 Å². The molecule has 0 unspecified atom stereocenters. The first kappa shape index (κ1) is 18.3. The van der Waals surface area contributed by atoms with Crippen molar-refractivity contribution in [2.45, 2.75) is 26.8 Å². The number of hydrogen-bond acceptors (Lipinski definition) is 3. The van der Waals surface area contributed by atoms with Crippen molar-refractivity contribution in [2.24, 2.45) is 5.92 Å². The number of carbonyl (C=O) groups excluding carboxylic acids is 2. The van der Waals surface area contributed by atoms with Crippen molar-refractivity contribution in [1.82, 2.24) is 10.6 Å². The summed E-state index contributed by atoms with van der Waals surface area (Å²) in [5.41, 5.74) is 0.373. The van der Waals surface area contributed by atoms with Crippen LogP contribution in [-0.2, 0) is 14.4 Å². The number of amides is 2. The molecular weight excluding hydrogens is 303 g/mol. The van der Waals surface area contributed by atoms with Gasteiger partial charge in [0.15, 0.2) is 0 Å². The second-order valence-electron chi connectivity index (χ2n) is 5.32. The lowest BCUT2D eigenvalue weighted by atomic mass is 10.0. The average Bonchev–Trinajstić information content (AvgIpc) is 2.44. The monoisotopic (exact) mass is 322 g/mol. The van der Waals surface area contributed by atoms with E-state index < -0.39 is 29.6 Å². The highest BCUT2D eigenvalue weighted by atomic mass is 19.1. The van der Waals surface area contributed by atoms with Crippen molar-refractivity contribution in [1.29, 1.82) is 0 Å². The lowest BCUT2D eigenvalue weighted by Crippen LogP contribution is -2.46. The van der Waals surface area contributed by atoms with Gasteiger partial charge in [0.1, 0.15) is 17.6 Å². The molecular formula is C16H19FN2O4. The van der Waals surface area contributed by atoms with Gasteiger partial charge in [0.25, 0.3) is 5.91 Å². The van der Waals surface area contributed by atoms with E-state index in [2.05, 4.69) is 10.6 Å². The Bertz CT molecular complexity index is 623. The molecule has 23 heavy (non-hydrogen) atoms. The number of carboxylic acid groups (broad SMARTS) is 1. The molecule has 3 N–H and O–H groups in total. The molecule has 0 aliphatic rings. The summed E-state index contributed by atoms with van der Waals surface area (Å²) in [5, 5.41) is 13.8. The van der Waals surface area contributed by atoms with Gasteiger partial charge in [-0.3, -0.25) is 9.59 Å². The van der Waals surface area contributed by atoms with Crippen molar-refractivity contribution < 1.29 is 23.9 Å². The molecule has 0 aliphatic carbocycles. The summed E-state index contributed by atoms with van der Waals surface area (Å²) in [6, 6.07) is 4.20. The summed E-state index contributed by atoms with van der Waals surface area (Å²) >= 11 is 0. The van der Waals surface area contributed by atoms with Crippen LogP contribution < -0.4 is 10.6 Å². The molecule has 0 aliphatic heterocycles. The zero-order valence-corrected chi connectivity index (χ0v) is 13.1. The fraction of sp³-hybridized carbons (Fsp3) is 0.312. The Kier molecular flexibility index (Phi) is 6.44. The molecule has 6 nitrogen and oxygen atoms in total. The van der Waals surface area contributed by atoms with Gasteiger partial charge in [-0.1, -0.05) is 26.0 Å². The molecule has 0 aromatic heterocycles. The first-order chi connectivity index (χ1) is 10.7. The molecule has 0 saturated carbocycles. The number of carbonyl (C=O) groups is 3. The standard InChI is InChI=1S/C16H19FN2O4/c1-9(2)14(16(22)23)19-15(21)13(18-10(3)20)8-11-4-6-12(17)7-5-11/h4-9,14H,1-3H3,(H,18,20)(H,19,21)(H,22,23)/b13-8-/t14-/m1/s1.